The highest BCUT2D eigenvalue weighted by atomic mass is 32.2. The summed E-state index contributed by atoms with van der Waals surface area (Å²) in [6.45, 7) is 0.805. The minimum Gasteiger partial charge on any atom is -0.497 e. The van der Waals surface area contributed by atoms with Crippen LogP contribution in [0, 0.1) is 0 Å². The topological polar surface area (TPSA) is 192 Å². The largest absolute Gasteiger partial charge is 0.497 e. The molecule has 268 valence electrons. The zero-order chi connectivity index (χ0) is 36.6. The van der Waals surface area contributed by atoms with Crippen molar-refractivity contribution in [2.75, 3.05) is 43.6 Å². The Bertz CT molecular complexity index is 2060. The van der Waals surface area contributed by atoms with Gasteiger partial charge < -0.3 is 25.7 Å². The van der Waals surface area contributed by atoms with Gasteiger partial charge in [-0.25, -0.2) is 4.98 Å². The number of piperidine rings is 1. The fourth-order valence-electron chi connectivity index (χ4n) is 6.00. The van der Waals surface area contributed by atoms with Gasteiger partial charge in [0.25, 0.3) is 11.8 Å². The van der Waals surface area contributed by atoms with Crippen molar-refractivity contribution in [2.45, 2.75) is 25.3 Å². The lowest BCUT2D eigenvalue weighted by Crippen LogP contribution is -2.54. The lowest BCUT2D eigenvalue weighted by molar-refractivity contribution is -0.136. The first kappa shape index (κ1) is 35.9. The number of pyridine rings is 1. The van der Waals surface area contributed by atoms with E-state index in [4.69, 9.17) is 4.74 Å². The number of H-pyrrole nitrogens is 1. The number of thioether (sulfide) groups is 1. The summed E-state index contributed by atoms with van der Waals surface area (Å²) in [4.78, 5) is 83.5. The van der Waals surface area contributed by atoms with Crippen LogP contribution in [0.1, 0.15) is 45.5 Å². The Morgan fingerprint density at radius 3 is 2.63 bits per heavy atom. The van der Waals surface area contributed by atoms with Gasteiger partial charge in [0.05, 0.1) is 24.8 Å². The third kappa shape index (κ3) is 8.15. The molecule has 4 aromatic rings. The average Bonchev–Trinajstić information content (AvgIpc) is 3.68. The monoisotopic (exact) mass is 723 g/mol. The van der Waals surface area contributed by atoms with E-state index in [1.54, 1.807) is 43.3 Å². The Morgan fingerprint density at radius 1 is 1.02 bits per heavy atom. The minimum absolute atomic E-state index is 0.0295. The molecule has 0 bridgehead atoms. The second kappa shape index (κ2) is 16.4. The SMILES string of the molecule is COc1ccc(-c2c[nH]c3ncc(/C=C/C(=O)NCCCSCCNC(=O)CNc4cccc5c4C(=O)N(C4CCC(=O)NC4=O)C5=O)cc23)cc1. The fourth-order valence-corrected chi connectivity index (χ4v) is 6.80. The van der Waals surface area contributed by atoms with Crippen molar-refractivity contribution in [3.8, 4) is 16.9 Å². The molecular weight excluding hydrogens is 687 g/mol. The summed E-state index contributed by atoms with van der Waals surface area (Å²) in [5.41, 5.74) is 4.13. The molecule has 2 aliphatic rings. The predicted octanol–water partition coefficient (Wildman–Crippen LogP) is 3.12. The average molecular weight is 724 g/mol. The summed E-state index contributed by atoms with van der Waals surface area (Å²) in [5.74, 6) is -0.644. The summed E-state index contributed by atoms with van der Waals surface area (Å²) in [7, 11) is 1.63. The Labute approximate surface area is 303 Å². The molecule has 4 heterocycles. The molecular formula is C37H37N7O7S. The predicted molar refractivity (Wildman–Crippen MR) is 197 cm³/mol. The second-order valence-corrected chi connectivity index (χ2v) is 13.3. The third-order valence-electron chi connectivity index (χ3n) is 8.62. The Hall–Kier alpha value is -5.96. The quantitative estimate of drug-likeness (QED) is 0.0692. The maximum absolute atomic E-state index is 13.2. The van der Waals surface area contributed by atoms with Crippen molar-refractivity contribution >= 4 is 70.0 Å². The van der Waals surface area contributed by atoms with E-state index < -0.39 is 29.7 Å². The van der Waals surface area contributed by atoms with Gasteiger partial charge in [-0.3, -0.25) is 39.0 Å². The van der Waals surface area contributed by atoms with E-state index in [9.17, 15) is 28.8 Å². The third-order valence-corrected chi connectivity index (χ3v) is 9.69. The summed E-state index contributed by atoms with van der Waals surface area (Å²) in [5, 5.41) is 11.8. The van der Waals surface area contributed by atoms with Gasteiger partial charge in [-0.15, -0.1) is 0 Å². The normalized spacial score (nSPS) is 15.6. The van der Waals surface area contributed by atoms with E-state index in [-0.39, 0.29) is 42.3 Å². The van der Waals surface area contributed by atoms with Gasteiger partial charge in [-0.05, 0) is 66.1 Å². The number of aromatic nitrogens is 2. The standard InChI is InChI=1S/C37H37N7O7S/c1-51-24-9-7-23(8-10-24)27-20-42-34-26(27)18-22(19-41-34)6-12-30(45)38-14-3-16-52-17-15-39-32(47)21-40-28-5-2-4-25-33(28)37(50)44(36(25)49)29-11-13-31(46)43-35(29)48/h2,4-10,12,18-20,29,40H,3,11,13-17,21H2,1H3,(H,38,45)(H,39,47)(H,41,42)(H,43,46,48)/b12-6+. The molecule has 1 saturated heterocycles. The van der Waals surface area contributed by atoms with E-state index >= 15 is 0 Å². The number of nitrogens with one attached hydrogen (secondary N) is 5. The number of aromatic amines is 1. The zero-order valence-electron chi connectivity index (χ0n) is 28.3. The molecule has 14 nitrogen and oxygen atoms in total. The molecule has 1 atom stereocenters. The highest BCUT2D eigenvalue weighted by Crippen LogP contribution is 2.33. The Morgan fingerprint density at radius 2 is 1.85 bits per heavy atom. The van der Waals surface area contributed by atoms with Gasteiger partial charge in [0.1, 0.15) is 17.4 Å². The molecule has 6 rings (SSSR count). The molecule has 1 fully saturated rings. The summed E-state index contributed by atoms with van der Waals surface area (Å²) >= 11 is 1.64. The lowest BCUT2D eigenvalue weighted by atomic mass is 10.0. The molecule has 0 saturated carbocycles. The van der Waals surface area contributed by atoms with Gasteiger partial charge in [-0.1, -0.05) is 18.2 Å². The minimum atomic E-state index is -1.07. The summed E-state index contributed by atoms with van der Waals surface area (Å²) in [6, 6.07) is 13.4. The van der Waals surface area contributed by atoms with Gasteiger partial charge in [0, 0.05) is 60.4 Å². The molecule has 15 heteroatoms. The number of hydrogen-bond acceptors (Lipinski definition) is 10. The summed E-state index contributed by atoms with van der Waals surface area (Å²) in [6.07, 6.45) is 7.69. The smallest absolute Gasteiger partial charge is 0.264 e. The Balaban J connectivity index is 0.872. The number of fused-ring (bicyclic) bond motifs is 2. The van der Waals surface area contributed by atoms with Gasteiger partial charge in [0.2, 0.25) is 23.6 Å². The van der Waals surface area contributed by atoms with Crippen molar-refractivity contribution in [2.24, 2.45) is 0 Å². The summed E-state index contributed by atoms with van der Waals surface area (Å²) < 4.78 is 5.25. The van der Waals surface area contributed by atoms with Crippen LogP contribution in [-0.2, 0) is 19.2 Å². The number of nitrogens with zero attached hydrogens (tertiary/aromatic N) is 2. The van der Waals surface area contributed by atoms with E-state index in [1.165, 1.54) is 12.1 Å². The number of imide groups is 2. The number of methoxy groups -OCH3 is 1. The first-order chi connectivity index (χ1) is 25.2. The number of rotatable bonds is 15. The van der Waals surface area contributed by atoms with Crippen molar-refractivity contribution in [3.63, 3.8) is 0 Å². The molecule has 0 spiro atoms. The van der Waals surface area contributed by atoms with Crippen LogP contribution in [0.25, 0.3) is 28.2 Å². The van der Waals surface area contributed by atoms with Crippen LogP contribution >= 0.6 is 11.8 Å². The molecule has 0 aliphatic carbocycles. The van der Waals surface area contributed by atoms with Crippen LogP contribution in [0.15, 0.2) is 67.0 Å². The zero-order valence-corrected chi connectivity index (χ0v) is 29.1. The van der Waals surface area contributed by atoms with Crippen LogP contribution in [0.3, 0.4) is 0 Å². The van der Waals surface area contributed by atoms with Crippen LogP contribution in [0.5, 0.6) is 5.75 Å². The molecule has 0 radical (unpaired) electrons. The second-order valence-electron chi connectivity index (χ2n) is 12.1. The van der Waals surface area contributed by atoms with Gasteiger partial charge in [-0.2, -0.15) is 11.8 Å². The van der Waals surface area contributed by atoms with E-state index in [0.717, 1.165) is 50.5 Å². The number of anilines is 1. The molecule has 2 aromatic carbocycles. The highest BCUT2D eigenvalue weighted by Gasteiger charge is 2.45. The van der Waals surface area contributed by atoms with Crippen molar-refractivity contribution < 1.29 is 33.5 Å². The first-order valence-corrected chi connectivity index (χ1v) is 17.9. The van der Waals surface area contributed by atoms with Crippen molar-refractivity contribution in [3.05, 3.63) is 83.7 Å². The fraction of sp³-hybridized carbons (Fsp3) is 0.270. The van der Waals surface area contributed by atoms with Crippen LogP contribution in [0.4, 0.5) is 5.69 Å². The van der Waals surface area contributed by atoms with Gasteiger partial charge in [0.15, 0.2) is 0 Å². The van der Waals surface area contributed by atoms with Crippen molar-refractivity contribution in [1.82, 2.24) is 30.8 Å². The molecule has 6 amide bonds. The first-order valence-electron chi connectivity index (χ1n) is 16.7. The maximum Gasteiger partial charge on any atom is 0.264 e. The molecule has 2 aromatic heterocycles. The maximum atomic E-state index is 13.2. The van der Waals surface area contributed by atoms with Crippen LogP contribution < -0.4 is 26.0 Å². The van der Waals surface area contributed by atoms with Crippen molar-refractivity contribution in [1.29, 1.82) is 0 Å². The number of amides is 6. The number of benzene rings is 2. The molecule has 52 heavy (non-hydrogen) atoms. The number of hydrogen-bond donors (Lipinski definition) is 5. The van der Waals surface area contributed by atoms with Crippen LogP contribution in [0.2, 0.25) is 0 Å². The number of carbonyl (C=O) groups is 6. The molecule has 2 aliphatic heterocycles. The van der Waals surface area contributed by atoms with E-state index in [1.807, 2.05) is 36.5 Å². The number of ether oxygens (including phenoxy) is 1. The lowest BCUT2D eigenvalue weighted by Gasteiger charge is -2.27. The Kier molecular flexibility index (Phi) is 11.3. The van der Waals surface area contributed by atoms with Gasteiger partial charge >= 0.3 is 0 Å². The van der Waals surface area contributed by atoms with Crippen LogP contribution in [-0.4, -0.2) is 94.6 Å². The number of carbonyl (C=O) groups excluding carboxylic acids is 6. The molecule has 5 N–H and O–H groups in total. The highest BCUT2D eigenvalue weighted by molar-refractivity contribution is 7.99. The van der Waals surface area contributed by atoms with E-state index in [2.05, 4.69) is 31.2 Å². The molecule has 1 unspecified atom stereocenters. The van der Waals surface area contributed by atoms with E-state index in [0.29, 0.717) is 24.5 Å².